The van der Waals surface area contributed by atoms with Gasteiger partial charge < -0.3 is 14.2 Å². The number of ether oxygens (including phenoxy) is 3. The molecule has 1 atom stereocenters. The number of esters is 1. The Kier molecular flexibility index (Phi) is 10.4. The van der Waals surface area contributed by atoms with Gasteiger partial charge in [-0.2, -0.15) is 8.78 Å². The minimum atomic E-state index is -3.87. The summed E-state index contributed by atoms with van der Waals surface area (Å²) in [4.78, 5) is 17.1. The monoisotopic (exact) mass is 693 g/mol. The second-order valence-electron chi connectivity index (χ2n) is 10.0. The van der Waals surface area contributed by atoms with Gasteiger partial charge in [0.2, 0.25) is 20.0 Å². The zero-order valence-electron chi connectivity index (χ0n) is 23.2. The highest BCUT2D eigenvalue weighted by Crippen LogP contribution is 2.40. The highest BCUT2D eigenvalue weighted by atomic mass is 35.5. The number of halogens is 4. The quantitative estimate of drug-likeness (QED) is 0.208. The largest absolute Gasteiger partial charge is 0.489 e. The number of alkyl halides is 2. The van der Waals surface area contributed by atoms with Crippen molar-refractivity contribution >= 4 is 60.6 Å². The molecule has 238 valence electrons. The molecular weight excluding hydrogens is 667 g/mol. The van der Waals surface area contributed by atoms with E-state index in [9.17, 15) is 30.4 Å². The third-order valence-electron chi connectivity index (χ3n) is 6.22. The van der Waals surface area contributed by atoms with Crippen LogP contribution in [-0.4, -0.2) is 60.1 Å². The van der Waals surface area contributed by atoms with E-state index in [1.54, 1.807) is 0 Å². The molecule has 1 aliphatic rings. The molecule has 3 aromatic rings. The Balaban J connectivity index is 1.67. The van der Waals surface area contributed by atoms with Gasteiger partial charge in [-0.15, -0.1) is 0 Å². The number of sulfonamides is 2. The van der Waals surface area contributed by atoms with Crippen LogP contribution in [-0.2, 0) is 24.8 Å². The van der Waals surface area contributed by atoms with Gasteiger partial charge in [-0.3, -0.25) is 14.4 Å². The topological polar surface area (TPSA) is 150 Å². The minimum Gasteiger partial charge on any atom is -0.489 e. The number of aromatic nitrogens is 1. The van der Waals surface area contributed by atoms with Crippen LogP contribution in [0.3, 0.4) is 0 Å². The van der Waals surface area contributed by atoms with Crippen molar-refractivity contribution in [3.63, 3.8) is 0 Å². The van der Waals surface area contributed by atoms with E-state index >= 15 is 0 Å². The summed E-state index contributed by atoms with van der Waals surface area (Å²) in [7, 11) is -7.66. The van der Waals surface area contributed by atoms with Crippen LogP contribution >= 0.6 is 23.2 Å². The molecule has 0 saturated heterocycles. The maximum absolute atomic E-state index is 13.2. The lowest BCUT2D eigenvalue weighted by molar-refractivity contribution is -0.0515. The van der Waals surface area contributed by atoms with E-state index in [1.165, 1.54) is 42.7 Å². The molecule has 1 unspecified atom stereocenters. The molecule has 0 aliphatic heterocycles. The Bertz CT molecular complexity index is 1740. The van der Waals surface area contributed by atoms with Crippen LogP contribution in [0.25, 0.3) is 0 Å². The Morgan fingerprint density at radius 3 is 2.18 bits per heavy atom. The summed E-state index contributed by atoms with van der Waals surface area (Å²) in [5.41, 5.74) is 0.324. The van der Waals surface area contributed by atoms with E-state index in [4.69, 9.17) is 32.7 Å². The van der Waals surface area contributed by atoms with Crippen LogP contribution in [0.1, 0.15) is 40.2 Å². The first kappa shape index (κ1) is 33.5. The summed E-state index contributed by atoms with van der Waals surface area (Å²) in [6.45, 7) is -3.16. The van der Waals surface area contributed by atoms with E-state index in [0.29, 0.717) is 23.7 Å². The molecule has 44 heavy (non-hydrogen) atoms. The molecule has 11 nitrogen and oxygen atoms in total. The second kappa shape index (κ2) is 13.7. The molecule has 1 saturated carbocycles. The summed E-state index contributed by atoms with van der Waals surface area (Å²) >= 11 is 12.9. The van der Waals surface area contributed by atoms with Crippen molar-refractivity contribution in [2.24, 2.45) is 5.92 Å². The Morgan fingerprint density at radius 2 is 1.59 bits per heavy atom. The summed E-state index contributed by atoms with van der Waals surface area (Å²) in [6.07, 6.45) is 6.33. The van der Waals surface area contributed by atoms with Crippen molar-refractivity contribution in [2.45, 2.75) is 25.4 Å². The zero-order valence-corrected chi connectivity index (χ0v) is 26.4. The van der Waals surface area contributed by atoms with Crippen LogP contribution in [0, 0.1) is 5.92 Å². The number of hydrogen-bond donors (Lipinski definition) is 2. The molecule has 0 bridgehead atoms. The van der Waals surface area contributed by atoms with Crippen molar-refractivity contribution in [2.75, 3.05) is 35.2 Å². The standard InChI is InChI=1S/C27H27Cl2F2N3O8S2/c1-43(36,37)33-21-7-5-17(9-22(21)34-44(2,38)39)26(35)41-14-18(25-19(28)11-32-12-20(25)29)16-6-8-23(42-27(30)31)24(10-16)40-13-15-3-4-15/h5-12,15,18,27,33-34H,3-4,13-14H2,1-2H3. The van der Waals surface area contributed by atoms with Crippen molar-refractivity contribution in [1.29, 1.82) is 0 Å². The predicted molar refractivity (Wildman–Crippen MR) is 161 cm³/mol. The number of rotatable bonds is 14. The maximum Gasteiger partial charge on any atom is 0.387 e. The number of carbonyl (C=O) groups is 1. The molecule has 2 N–H and O–H groups in total. The highest BCUT2D eigenvalue weighted by molar-refractivity contribution is 7.92. The minimum absolute atomic E-state index is 0.0535. The summed E-state index contributed by atoms with van der Waals surface area (Å²) < 4.78 is 93.8. The molecule has 1 heterocycles. The number of nitrogens with one attached hydrogen (secondary N) is 2. The number of benzene rings is 2. The Labute approximate surface area is 262 Å². The number of hydrogen-bond acceptors (Lipinski definition) is 9. The fourth-order valence-electron chi connectivity index (χ4n) is 4.13. The van der Waals surface area contributed by atoms with Crippen LogP contribution in [0.15, 0.2) is 48.8 Å². The van der Waals surface area contributed by atoms with Crippen molar-refractivity contribution in [3.05, 3.63) is 75.5 Å². The Morgan fingerprint density at radius 1 is 0.955 bits per heavy atom. The van der Waals surface area contributed by atoms with Crippen molar-refractivity contribution < 1.29 is 44.6 Å². The predicted octanol–water partition coefficient (Wildman–Crippen LogP) is 5.51. The van der Waals surface area contributed by atoms with Gasteiger partial charge >= 0.3 is 12.6 Å². The van der Waals surface area contributed by atoms with Gasteiger partial charge in [-0.05, 0) is 54.7 Å². The van der Waals surface area contributed by atoms with Crippen LogP contribution in [0.2, 0.25) is 10.0 Å². The molecule has 1 aliphatic carbocycles. The van der Waals surface area contributed by atoms with Gasteiger partial charge in [-0.25, -0.2) is 21.6 Å². The van der Waals surface area contributed by atoms with E-state index in [2.05, 4.69) is 19.2 Å². The average Bonchev–Trinajstić information content (AvgIpc) is 3.73. The van der Waals surface area contributed by atoms with E-state index in [0.717, 1.165) is 31.4 Å². The van der Waals surface area contributed by atoms with E-state index in [-0.39, 0.29) is 45.1 Å². The lowest BCUT2D eigenvalue weighted by Gasteiger charge is -2.22. The molecule has 0 amide bonds. The first-order valence-corrected chi connectivity index (χ1v) is 17.4. The average molecular weight is 695 g/mol. The normalized spacial score (nSPS) is 14.2. The van der Waals surface area contributed by atoms with Gasteiger partial charge in [0.15, 0.2) is 11.5 Å². The molecule has 17 heteroatoms. The molecule has 0 radical (unpaired) electrons. The van der Waals surface area contributed by atoms with E-state index in [1.807, 2.05) is 0 Å². The van der Waals surface area contributed by atoms with Gasteiger partial charge in [0.05, 0.1) is 46.1 Å². The van der Waals surface area contributed by atoms with Crippen molar-refractivity contribution in [1.82, 2.24) is 4.98 Å². The maximum atomic E-state index is 13.2. The lowest BCUT2D eigenvalue weighted by Crippen LogP contribution is -2.18. The smallest absolute Gasteiger partial charge is 0.387 e. The molecule has 0 spiro atoms. The van der Waals surface area contributed by atoms with Crippen LogP contribution < -0.4 is 18.9 Å². The van der Waals surface area contributed by atoms with E-state index < -0.39 is 38.5 Å². The van der Waals surface area contributed by atoms with Gasteiger partial charge in [0, 0.05) is 23.9 Å². The summed E-state index contributed by atoms with van der Waals surface area (Å²) in [6, 6.07) is 7.81. The number of anilines is 2. The van der Waals surface area contributed by atoms with Gasteiger partial charge in [0.1, 0.15) is 6.61 Å². The molecule has 2 aromatic carbocycles. The molecule has 1 fully saturated rings. The first-order valence-electron chi connectivity index (χ1n) is 12.9. The Hall–Kier alpha value is -3.40. The SMILES string of the molecule is CS(=O)(=O)Nc1ccc(C(=O)OCC(c2ccc(OC(F)F)c(OCC3CC3)c2)c2c(Cl)cncc2Cl)cc1NS(C)(=O)=O. The highest BCUT2D eigenvalue weighted by Gasteiger charge is 2.27. The fourth-order valence-corrected chi connectivity index (χ4v) is 5.90. The van der Waals surface area contributed by atoms with Crippen LogP contribution in [0.4, 0.5) is 20.2 Å². The number of nitrogens with zero attached hydrogens (tertiary/aromatic N) is 1. The molecule has 1 aromatic heterocycles. The third kappa shape index (κ3) is 9.55. The molecule has 4 rings (SSSR count). The first-order chi connectivity index (χ1) is 20.6. The summed E-state index contributed by atoms with van der Waals surface area (Å²) in [5.74, 6) is -1.56. The second-order valence-corrected chi connectivity index (χ2v) is 14.3. The van der Waals surface area contributed by atoms with Crippen molar-refractivity contribution in [3.8, 4) is 11.5 Å². The van der Waals surface area contributed by atoms with Gasteiger partial charge in [0.25, 0.3) is 0 Å². The lowest BCUT2D eigenvalue weighted by atomic mass is 9.92. The van der Waals surface area contributed by atoms with Gasteiger partial charge in [-0.1, -0.05) is 29.3 Å². The zero-order chi connectivity index (χ0) is 32.2. The third-order valence-corrected chi connectivity index (χ3v) is 8.01. The molecular formula is C27H27Cl2F2N3O8S2. The summed E-state index contributed by atoms with van der Waals surface area (Å²) in [5, 5.41) is 0.283. The number of pyridine rings is 1. The van der Waals surface area contributed by atoms with Crippen LogP contribution in [0.5, 0.6) is 11.5 Å². The fraction of sp³-hybridized carbons (Fsp3) is 0.333. The number of carbonyl (C=O) groups excluding carboxylic acids is 1.